The molecular weight excluding hydrogens is 154 g/mol. The molecule has 2 aliphatic heterocycles. The van der Waals surface area contributed by atoms with E-state index in [0.717, 1.165) is 7.11 Å². The third-order valence-corrected chi connectivity index (χ3v) is 3.11. The second kappa shape index (κ2) is 4.21. The van der Waals surface area contributed by atoms with Crippen LogP contribution in [0.25, 0.3) is 0 Å². The minimum atomic E-state index is 0.236. The van der Waals surface area contributed by atoms with E-state index in [1.54, 1.807) is 0 Å². The van der Waals surface area contributed by atoms with Crippen LogP contribution in [0.4, 0.5) is 0 Å². The van der Waals surface area contributed by atoms with Gasteiger partial charge in [-0.15, -0.1) is 0 Å². The molecule has 2 N–H and O–H groups in total. The summed E-state index contributed by atoms with van der Waals surface area (Å²) in [6.45, 7) is 2.83. The second-order valence-corrected chi connectivity index (χ2v) is 3.58. The topological polar surface area (TPSA) is 43.7 Å². The third-order valence-electron chi connectivity index (χ3n) is 3.11. The van der Waals surface area contributed by atoms with E-state index in [-0.39, 0.29) is 5.54 Å². The SMILES string of the molecule is CO.OCC12CCCN1CCC2. The largest absolute Gasteiger partial charge is 0.400 e. The van der Waals surface area contributed by atoms with Gasteiger partial charge < -0.3 is 10.2 Å². The fourth-order valence-electron chi connectivity index (χ4n) is 2.48. The maximum atomic E-state index is 9.19. The summed E-state index contributed by atoms with van der Waals surface area (Å²) in [5.41, 5.74) is 0.236. The van der Waals surface area contributed by atoms with E-state index in [2.05, 4.69) is 4.90 Å². The predicted octanol–water partition coefficient (Wildman–Crippen LogP) is 0.216. The summed E-state index contributed by atoms with van der Waals surface area (Å²) in [4.78, 5) is 2.47. The molecule has 0 aliphatic carbocycles. The lowest BCUT2D eigenvalue weighted by atomic mass is 9.96. The van der Waals surface area contributed by atoms with Gasteiger partial charge in [0.15, 0.2) is 0 Å². The molecule has 0 aromatic rings. The normalized spacial score (nSPS) is 26.2. The Labute approximate surface area is 74.0 Å². The quantitative estimate of drug-likeness (QED) is 0.596. The third kappa shape index (κ3) is 1.49. The summed E-state index contributed by atoms with van der Waals surface area (Å²) in [5, 5.41) is 16.2. The van der Waals surface area contributed by atoms with E-state index in [1.165, 1.54) is 38.8 Å². The Bertz CT molecular complexity index is 128. The summed E-state index contributed by atoms with van der Waals surface area (Å²) in [5.74, 6) is 0. The Kier molecular flexibility index (Phi) is 3.50. The molecule has 0 bridgehead atoms. The number of aliphatic hydroxyl groups excluding tert-OH is 2. The predicted molar refractivity (Wildman–Crippen MR) is 48.0 cm³/mol. The van der Waals surface area contributed by atoms with Gasteiger partial charge >= 0.3 is 0 Å². The molecule has 0 amide bonds. The highest BCUT2D eigenvalue weighted by Gasteiger charge is 2.43. The standard InChI is InChI=1S/C8H15NO.CH4O/c10-7-8-3-1-5-9(8)6-2-4-8;1-2/h10H,1-7H2;2H,1H3. The van der Waals surface area contributed by atoms with Crippen LogP contribution < -0.4 is 0 Å². The smallest absolute Gasteiger partial charge is 0.0615 e. The van der Waals surface area contributed by atoms with Gasteiger partial charge in [-0.25, -0.2) is 0 Å². The van der Waals surface area contributed by atoms with E-state index in [4.69, 9.17) is 5.11 Å². The maximum Gasteiger partial charge on any atom is 0.0615 e. The number of nitrogens with zero attached hydrogens (tertiary/aromatic N) is 1. The van der Waals surface area contributed by atoms with Crippen LogP contribution in [0.15, 0.2) is 0 Å². The average molecular weight is 173 g/mol. The Balaban J connectivity index is 0.000000336. The first-order valence-corrected chi connectivity index (χ1v) is 4.68. The van der Waals surface area contributed by atoms with Crippen molar-refractivity contribution in [3.05, 3.63) is 0 Å². The van der Waals surface area contributed by atoms with Crippen molar-refractivity contribution in [1.29, 1.82) is 0 Å². The van der Waals surface area contributed by atoms with Crippen molar-refractivity contribution in [3.8, 4) is 0 Å². The van der Waals surface area contributed by atoms with Crippen molar-refractivity contribution in [2.75, 3.05) is 26.8 Å². The van der Waals surface area contributed by atoms with Crippen LogP contribution in [0.3, 0.4) is 0 Å². The Hall–Kier alpha value is -0.120. The summed E-state index contributed by atoms with van der Waals surface area (Å²) in [6.07, 6.45) is 5.04. The van der Waals surface area contributed by atoms with Crippen molar-refractivity contribution in [2.45, 2.75) is 31.2 Å². The van der Waals surface area contributed by atoms with E-state index >= 15 is 0 Å². The molecule has 2 saturated heterocycles. The molecule has 3 nitrogen and oxygen atoms in total. The molecule has 72 valence electrons. The summed E-state index contributed by atoms with van der Waals surface area (Å²) in [6, 6.07) is 0. The minimum absolute atomic E-state index is 0.236. The first-order valence-electron chi connectivity index (χ1n) is 4.68. The van der Waals surface area contributed by atoms with Crippen LogP contribution in [0.5, 0.6) is 0 Å². The fraction of sp³-hybridized carbons (Fsp3) is 1.00. The summed E-state index contributed by atoms with van der Waals surface area (Å²) < 4.78 is 0. The molecule has 0 aromatic carbocycles. The van der Waals surface area contributed by atoms with Crippen molar-refractivity contribution in [3.63, 3.8) is 0 Å². The maximum absolute atomic E-state index is 9.19. The highest BCUT2D eigenvalue weighted by Crippen LogP contribution is 2.37. The molecule has 0 unspecified atom stereocenters. The summed E-state index contributed by atoms with van der Waals surface area (Å²) in [7, 11) is 1.00. The average Bonchev–Trinajstić information content (AvgIpc) is 2.65. The highest BCUT2D eigenvalue weighted by atomic mass is 16.3. The zero-order valence-corrected chi connectivity index (χ0v) is 7.79. The number of rotatable bonds is 1. The van der Waals surface area contributed by atoms with Crippen molar-refractivity contribution in [2.24, 2.45) is 0 Å². The van der Waals surface area contributed by atoms with Gasteiger partial charge in [0.2, 0.25) is 0 Å². The van der Waals surface area contributed by atoms with E-state index in [0.29, 0.717) is 6.61 Å². The second-order valence-electron chi connectivity index (χ2n) is 3.58. The lowest BCUT2D eigenvalue weighted by molar-refractivity contribution is 0.0999. The van der Waals surface area contributed by atoms with Crippen LogP contribution in [0.1, 0.15) is 25.7 Å². The number of hydrogen-bond donors (Lipinski definition) is 2. The Morgan fingerprint density at radius 3 is 2.00 bits per heavy atom. The van der Waals surface area contributed by atoms with Crippen LogP contribution in [0, 0.1) is 0 Å². The Morgan fingerprint density at radius 2 is 1.67 bits per heavy atom. The fourth-order valence-corrected chi connectivity index (χ4v) is 2.48. The van der Waals surface area contributed by atoms with Crippen molar-refractivity contribution < 1.29 is 10.2 Å². The van der Waals surface area contributed by atoms with E-state index in [1.807, 2.05) is 0 Å². The van der Waals surface area contributed by atoms with Crippen LogP contribution in [0.2, 0.25) is 0 Å². The van der Waals surface area contributed by atoms with Gasteiger partial charge in [0.05, 0.1) is 6.61 Å². The number of hydrogen-bond acceptors (Lipinski definition) is 3. The molecule has 2 heterocycles. The van der Waals surface area contributed by atoms with Crippen LogP contribution >= 0.6 is 0 Å². The van der Waals surface area contributed by atoms with E-state index in [9.17, 15) is 5.11 Å². The molecule has 2 fully saturated rings. The monoisotopic (exact) mass is 173 g/mol. The molecule has 12 heavy (non-hydrogen) atoms. The summed E-state index contributed by atoms with van der Waals surface area (Å²) >= 11 is 0. The van der Waals surface area contributed by atoms with Gasteiger partial charge in [0.25, 0.3) is 0 Å². The first-order chi connectivity index (χ1) is 5.87. The highest BCUT2D eigenvalue weighted by molar-refractivity contribution is 4.99. The molecule has 2 aliphatic rings. The van der Waals surface area contributed by atoms with Gasteiger partial charge in [0.1, 0.15) is 0 Å². The van der Waals surface area contributed by atoms with Crippen molar-refractivity contribution >= 4 is 0 Å². The lowest BCUT2D eigenvalue weighted by Gasteiger charge is -2.29. The first kappa shape index (κ1) is 9.96. The zero-order chi connectivity index (χ0) is 9.03. The van der Waals surface area contributed by atoms with Gasteiger partial charge in [-0.05, 0) is 38.8 Å². The van der Waals surface area contributed by atoms with Crippen molar-refractivity contribution in [1.82, 2.24) is 4.90 Å². The molecular formula is C9H19NO2. The lowest BCUT2D eigenvalue weighted by Crippen LogP contribution is -2.41. The van der Waals surface area contributed by atoms with Crippen LogP contribution in [-0.4, -0.2) is 47.5 Å². The van der Waals surface area contributed by atoms with Crippen LogP contribution in [-0.2, 0) is 0 Å². The molecule has 0 spiro atoms. The molecule has 3 heteroatoms. The van der Waals surface area contributed by atoms with Gasteiger partial charge in [-0.1, -0.05) is 0 Å². The molecule has 0 radical (unpaired) electrons. The number of fused-ring (bicyclic) bond motifs is 1. The van der Waals surface area contributed by atoms with E-state index < -0.39 is 0 Å². The number of aliphatic hydroxyl groups is 2. The molecule has 2 rings (SSSR count). The van der Waals surface area contributed by atoms with Gasteiger partial charge in [0, 0.05) is 12.6 Å². The van der Waals surface area contributed by atoms with Gasteiger partial charge in [-0.2, -0.15) is 0 Å². The Morgan fingerprint density at radius 1 is 1.17 bits per heavy atom. The molecule has 0 saturated carbocycles. The zero-order valence-electron chi connectivity index (χ0n) is 7.79. The minimum Gasteiger partial charge on any atom is -0.400 e. The molecule has 0 aromatic heterocycles. The molecule has 0 atom stereocenters. The van der Waals surface area contributed by atoms with Gasteiger partial charge in [-0.3, -0.25) is 4.90 Å².